The number of hydrogen-bond donors (Lipinski definition) is 0. The van der Waals surface area contributed by atoms with Crippen LogP contribution in [0.3, 0.4) is 0 Å². The second-order valence-corrected chi connectivity index (χ2v) is 6.89. The van der Waals surface area contributed by atoms with Crippen molar-refractivity contribution in [1.29, 1.82) is 5.26 Å². The molecule has 0 aliphatic heterocycles. The van der Waals surface area contributed by atoms with Crippen LogP contribution in [0, 0.1) is 11.3 Å². The molecule has 18 heavy (non-hydrogen) atoms. The molecule has 4 nitrogen and oxygen atoms in total. The number of thioether (sulfide) groups is 1. The van der Waals surface area contributed by atoms with Crippen molar-refractivity contribution in [3.8, 4) is 6.07 Å². The lowest BCUT2D eigenvalue weighted by Crippen LogP contribution is -2.09. The molecular formula is C12H15NO3S2. The van der Waals surface area contributed by atoms with E-state index in [2.05, 4.69) is 0 Å². The quantitative estimate of drug-likeness (QED) is 0.713. The van der Waals surface area contributed by atoms with Crippen molar-refractivity contribution in [2.24, 2.45) is 0 Å². The van der Waals surface area contributed by atoms with E-state index in [1.54, 1.807) is 18.9 Å². The molecule has 0 unspecified atom stereocenters. The van der Waals surface area contributed by atoms with Gasteiger partial charge in [-0.1, -0.05) is 0 Å². The summed E-state index contributed by atoms with van der Waals surface area (Å²) in [5.74, 6) is 1.44. The third-order valence-electron chi connectivity index (χ3n) is 2.27. The fourth-order valence-corrected chi connectivity index (χ4v) is 3.89. The maximum absolute atomic E-state index is 11.9. The molecule has 0 radical (unpaired) electrons. The van der Waals surface area contributed by atoms with Gasteiger partial charge in [0.2, 0.25) is 0 Å². The fraction of sp³-hybridized carbons (Fsp3) is 0.417. The molecule has 0 aliphatic rings. The van der Waals surface area contributed by atoms with Crippen LogP contribution in [0.1, 0.15) is 5.56 Å². The summed E-state index contributed by atoms with van der Waals surface area (Å²) in [5, 5.41) is 8.64. The molecule has 0 heterocycles. The summed E-state index contributed by atoms with van der Waals surface area (Å²) in [6, 6.07) is 7.96. The third kappa shape index (κ3) is 4.69. The molecule has 1 aromatic rings. The Morgan fingerprint density at radius 3 is 2.50 bits per heavy atom. The number of nitriles is 1. The van der Waals surface area contributed by atoms with Crippen LogP contribution >= 0.6 is 11.8 Å². The minimum absolute atomic E-state index is 0.104. The Balaban J connectivity index is 2.55. The molecule has 0 aromatic heterocycles. The van der Waals surface area contributed by atoms with Gasteiger partial charge in [0.05, 0.1) is 28.9 Å². The van der Waals surface area contributed by atoms with Gasteiger partial charge in [-0.2, -0.15) is 17.0 Å². The number of rotatable bonds is 7. The van der Waals surface area contributed by atoms with Crippen LogP contribution in [-0.2, 0) is 14.6 Å². The Morgan fingerprint density at radius 2 is 1.94 bits per heavy atom. The second kappa shape index (κ2) is 7.41. The monoisotopic (exact) mass is 285 g/mol. The molecule has 0 N–H and O–H groups in total. The number of hydrogen-bond acceptors (Lipinski definition) is 5. The highest BCUT2D eigenvalue weighted by molar-refractivity contribution is 8.00. The maximum atomic E-state index is 11.9. The van der Waals surface area contributed by atoms with Gasteiger partial charge in [-0.05, 0) is 24.3 Å². The van der Waals surface area contributed by atoms with Crippen LogP contribution in [0.2, 0.25) is 0 Å². The van der Waals surface area contributed by atoms with Crippen molar-refractivity contribution >= 4 is 21.6 Å². The summed E-state index contributed by atoms with van der Waals surface area (Å²) in [6.45, 7) is 0.627. The minimum Gasteiger partial charge on any atom is -0.384 e. The summed E-state index contributed by atoms with van der Waals surface area (Å²) in [4.78, 5) is 0.272. The first kappa shape index (κ1) is 15.0. The van der Waals surface area contributed by atoms with Crippen molar-refractivity contribution in [3.63, 3.8) is 0 Å². The van der Waals surface area contributed by atoms with Crippen LogP contribution in [-0.4, -0.2) is 39.4 Å². The van der Waals surface area contributed by atoms with Crippen LogP contribution in [0.5, 0.6) is 0 Å². The lowest BCUT2D eigenvalue weighted by atomic mass is 10.2. The van der Waals surface area contributed by atoms with Crippen molar-refractivity contribution in [3.05, 3.63) is 29.8 Å². The van der Waals surface area contributed by atoms with Gasteiger partial charge in [0.25, 0.3) is 0 Å². The Labute approximate surface area is 112 Å². The van der Waals surface area contributed by atoms with E-state index in [0.717, 1.165) is 5.75 Å². The van der Waals surface area contributed by atoms with Gasteiger partial charge in [0, 0.05) is 18.6 Å². The van der Waals surface area contributed by atoms with Gasteiger partial charge < -0.3 is 4.74 Å². The fourth-order valence-electron chi connectivity index (χ4n) is 1.27. The molecule has 0 aliphatic carbocycles. The molecule has 0 atom stereocenters. The molecule has 0 bridgehead atoms. The second-order valence-electron chi connectivity index (χ2n) is 3.56. The molecule has 0 saturated carbocycles. The van der Waals surface area contributed by atoms with Crippen molar-refractivity contribution < 1.29 is 13.2 Å². The van der Waals surface area contributed by atoms with Crippen LogP contribution in [0.15, 0.2) is 29.2 Å². The first-order chi connectivity index (χ1) is 8.60. The Bertz CT molecular complexity index is 503. The number of ether oxygens (including phenoxy) is 1. The Morgan fingerprint density at radius 1 is 1.28 bits per heavy atom. The average molecular weight is 285 g/mol. The number of methoxy groups -OCH3 is 1. The normalized spacial score (nSPS) is 11.1. The number of benzene rings is 1. The van der Waals surface area contributed by atoms with E-state index < -0.39 is 9.84 Å². The van der Waals surface area contributed by atoms with Crippen molar-refractivity contribution in [2.75, 3.05) is 31.0 Å². The Hall–Kier alpha value is -1.03. The maximum Gasteiger partial charge on any atom is 0.179 e. The number of sulfone groups is 1. The zero-order valence-corrected chi connectivity index (χ0v) is 11.8. The molecule has 0 spiro atoms. The SMILES string of the molecule is COCCSCCS(=O)(=O)c1ccc(C#N)cc1. The van der Waals surface area contributed by atoms with Gasteiger partial charge in [0.15, 0.2) is 9.84 Å². The summed E-state index contributed by atoms with van der Waals surface area (Å²) >= 11 is 1.55. The van der Waals surface area contributed by atoms with Crippen LogP contribution < -0.4 is 0 Å². The highest BCUT2D eigenvalue weighted by Crippen LogP contribution is 2.14. The van der Waals surface area contributed by atoms with Crippen LogP contribution in [0.25, 0.3) is 0 Å². The summed E-state index contributed by atoms with van der Waals surface area (Å²) < 4.78 is 28.8. The molecular weight excluding hydrogens is 270 g/mol. The van der Waals surface area contributed by atoms with Crippen LogP contribution in [0.4, 0.5) is 0 Å². The standard InChI is InChI=1S/C12H15NO3S2/c1-16-6-7-17-8-9-18(14,15)12-4-2-11(10-13)3-5-12/h2-5H,6-9H2,1H3. The minimum atomic E-state index is -3.24. The average Bonchev–Trinajstić information content (AvgIpc) is 2.38. The molecule has 0 amide bonds. The molecule has 6 heteroatoms. The summed E-state index contributed by atoms with van der Waals surface area (Å²) in [7, 11) is -1.62. The van der Waals surface area contributed by atoms with E-state index in [1.807, 2.05) is 6.07 Å². The smallest absolute Gasteiger partial charge is 0.179 e. The Kier molecular flexibility index (Phi) is 6.19. The van der Waals surface area contributed by atoms with Gasteiger partial charge >= 0.3 is 0 Å². The summed E-state index contributed by atoms with van der Waals surface area (Å²) in [5.41, 5.74) is 0.461. The van der Waals surface area contributed by atoms with Gasteiger partial charge in [0.1, 0.15) is 0 Å². The first-order valence-electron chi connectivity index (χ1n) is 5.40. The lowest BCUT2D eigenvalue weighted by molar-refractivity contribution is 0.218. The molecule has 0 fully saturated rings. The molecule has 1 rings (SSSR count). The van der Waals surface area contributed by atoms with E-state index in [9.17, 15) is 8.42 Å². The van der Waals surface area contributed by atoms with E-state index in [-0.39, 0.29) is 10.6 Å². The predicted octanol–water partition coefficient (Wildman–Crippen LogP) is 1.71. The van der Waals surface area contributed by atoms with E-state index in [4.69, 9.17) is 10.00 Å². The van der Waals surface area contributed by atoms with Crippen molar-refractivity contribution in [1.82, 2.24) is 0 Å². The zero-order chi connectivity index (χ0) is 13.4. The van der Waals surface area contributed by atoms with Crippen molar-refractivity contribution in [2.45, 2.75) is 4.90 Å². The van der Waals surface area contributed by atoms with Gasteiger partial charge in [-0.25, -0.2) is 8.42 Å². The lowest BCUT2D eigenvalue weighted by Gasteiger charge is -2.04. The van der Waals surface area contributed by atoms with Gasteiger partial charge in [-0.15, -0.1) is 0 Å². The number of nitrogens with zero attached hydrogens (tertiary/aromatic N) is 1. The molecule has 1 aromatic carbocycles. The molecule has 98 valence electrons. The zero-order valence-electron chi connectivity index (χ0n) is 10.1. The largest absolute Gasteiger partial charge is 0.384 e. The third-order valence-corrected chi connectivity index (χ3v) is 5.21. The topological polar surface area (TPSA) is 67.2 Å². The highest BCUT2D eigenvalue weighted by atomic mass is 32.2. The summed E-state index contributed by atoms with van der Waals surface area (Å²) in [6.07, 6.45) is 0. The van der Waals surface area contributed by atoms with E-state index in [1.165, 1.54) is 24.3 Å². The highest BCUT2D eigenvalue weighted by Gasteiger charge is 2.13. The van der Waals surface area contributed by atoms with E-state index in [0.29, 0.717) is 17.9 Å². The first-order valence-corrected chi connectivity index (χ1v) is 8.20. The predicted molar refractivity (Wildman–Crippen MR) is 72.4 cm³/mol. The molecule has 0 saturated heterocycles. The van der Waals surface area contributed by atoms with E-state index >= 15 is 0 Å². The van der Waals surface area contributed by atoms with Gasteiger partial charge in [-0.3, -0.25) is 0 Å².